The molecule has 0 fully saturated rings. The number of ketones is 3. The van der Waals surface area contributed by atoms with Gasteiger partial charge in [0.05, 0.1) is 0 Å². The second kappa shape index (κ2) is 11.5. The largest absolute Gasteiger partial charge is 0.299 e. The molecule has 0 unspecified atom stereocenters. The van der Waals surface area contributed by atoms with Gasteiger partial charge in [-0.05, 0) is 42.1 Å². The van der Waals surface area contributed by atoms with E-state index in [0.29, 0.717) is 34.3 Å². The maximum absolute atomic E-state index is 12.5. The summed E-state index contributed by atoms with van der Waals surface area (Å²) in [5, 5.41) is 0. The zero-order valence-electron chi connectivity index (χ0n) is 19.0. The normalized spacial score (nSPS) is 13.4. The molecule has 2 atom stereocenters. The first kappa shape index (κ1) is 26.4. The molecule has 0 saturated heterocycles. The van der Waals surface area contributed by atoms with Crippen LogP contribution in [0.4, 0.5) is 0 Å². The zero-order chi connectivity index (χ0) is 23.0. The van der Waals surface area contributed by atoms with Crippen molar-refractivity contribution in [3.8, 4) is 0 Å². The lowest BCUT2D eigenvalue weighted by molar-refractivity contribution is -0.127. The Morgan fingerprint density at radius 1 is 0.862 bits per heavy atom. The molecule has 0 spiro atoms. The number of allylic oxidation sites excluding steroid dienone is 7. The Kier molecular flexibility index (Phi) is 10.4. The molecule has 0 heterocycles. The molecule has 3 nitrogen and oxygen atoms in total. The van der Waals surface area contributed by atoms with Crippen molar-refractivity contribution in [2.24, 2.45) is 17.8 Å². The van der Waals surface area contributed by atoms with Gasteiger partial charge in [0.25, 0.3) is 0 Å². The minimum Gasteiger partial charge on any atom is -0.299 e. The Bertz CT molecular complexity index is 787. The molecule has 0 aliphatic heterocycles. The topological polar surface area (TPSA) is 51.2 Å². The molecule has 0 rings (SSSR count). The van der Waals surface area contributed by atoms with Crippen molar-refractivity contribution in [1.29, 1.82) is 0 Å². The second-order valence-electron chi connectivity index (χ2n) is 8.02. The highest BCUT2D eigenvalue weighted by atomic mass is 16.1. The molecule has 0 saturated carbocycles. The minimum atomic E-state index is -0.304. The third-order valence-electron chi connectivity index (χ3n) is 5.37. The number of hydrogen-bond donors (Lipinski definition) is 0. The van der Waals surface area contributed by atoms with Crippen LogP contribution in [-0.4, -0.2) is 17.3 Å². The average molecular weight is 397 g/mol. The van der Waals surface area contributed by atoms with Crippen molar-refractivity contribution in [1.82, 2.24) is 0 Å². The molecule has 158 valence electrons. The zero-order valence-corrected chi connectivity index (χ0v) is 19.0. The summed E-state index contributed by atoms with van der Waals surface area (Å²) in [6.07, 6.45) is 2.48. The van der Waals surface area contributed by atoms with Crippen LogP contribution in [-0.2, 0) is 14.4 Å². The molecule has 0 radical (unpaired) electrons. The maximum atomic E-state index is 12.5. The molecule has 0 N–H and O–H groups in total. The van der Waals surface area contributed by atoms with Gasteiger partial charge in [-0.3, -0.25) is 14.4 Å². The summed E-state index contributed by atoms with van der Waals surface area (Å²) in [4.78, 5) is 37.2. The van der Waals surface area contributed by atoms with Gasteiger partial charge in [-0.25, -0.2) is 0 Å². The third kappa shape index (κ3) is 7.41. The second-order valence-corrected chi connectivity index (χ2v) is 8.02. The van der Waals surface area contributed by atoms with Crippen LogP contribution in [0.2, 0.25) is 0 Å². The third-order valence-corrected chi connectivity index (χ3v) is 5.37. The number of hydrogen-bond acceptors (Lipinski definition) is 3. The van der Waals surface area contributed by atoms with Crippen molar-refractivity contribution in [3.05, 3.63) is 72.4 Å². The molecule has 29 heavy (non-hydrogen) atoms. The van der Waals surface area contributed by atoms with Crippen molar-refractivity contribution in [2.45, 2.75) is 54.4 Å². The summed E-state index contributed by atoms with van der Waals surface area (Å²) >= 11 is 0. The molecule has 0 aromatic rings. The van der Waals surface area contributed by atoms with E-state index >= 15 is 0 Å². The number of rotatable bonds is 13. The van der Waals surface area contributed by atoms with Crippen molar-refractivity contribution in [2.75, 3.05) is 0 Å². The van der Waals surface area contributed by atoms with Gasteiger partial charge in [0.2, 0.25) is 0 Å². The first-order chi connectivity index (χ1) is 13.3. The Hall–Kier alpha value is -2.55. The SMILES string of the molecule is C=C(/C=C(\C)C(=C)C(=C)C(=O)C(=C)C(=C)CC)C(=O)C[C@H](C)[C@@H](C)C(=O)C(C)C. The summed E-state index contributed by atoms with van der Waals surface area (Å²) in [5.41, 5.74) is 2.59. The maximum Gasteiger partial charge on any atom is 0.192 e. The van der Waals surface area contributed by atoms with E-state index in [-0.39, 0.29) is 47.1 Å². The smallest absolute Gasteiger partial charge is 0.192 e. The first-order valence-corrected chi connectivity index (χ1v) is 10.0. The van der Waals surface area contributed by atoms with Gasteiger partial charge in [-0.1, -0.05) is 67.5 Å². The van der Waals surface area contributed by atoms with Crippen molar-refractivity contribution >= 4 is 17.3 Å². The van der Waals surface area contributed by atoms with Gasteiger partial charge in [0, 0.05) is 35.0 Å². The van der Waals surface area contributed by atoms with E-state index in [9.17, 15) is 14.4 Å². The fourth-order valence-electron chi connectivity index (χ4n) is 2.77. The summed E-state index contributed by atoms with van der Waals surface area (Å²) < 4.78 is 0. The van der Waals surface area contributed by atoms with Crippen LogP contribution in [0, 0.1) is 17.8 Å². The molecule has 0 aliphatic rings. The predicted molar refractivity (Wildman–Crippen MR) is 123 cm³/mol. The Balaban J connectivity index is 5.17. The van der Waals surface area contributed by atoms with Crippen LogP contribution in [0.1, 0.15) is 54.4 Å². The monoisotopic (exact) mass is 396 g/mol. The van der Waals surface area contributed by atoms with Crippen LogP contribution in [0.15, 0.2) is 72.4 Å². The highest BCUT2D eigenvalue weighted by Gasteiger charge is 2.25. The summed E-state index contributed by atoms with van der Waals surface area (Å²) in [6.45, 7) is 30.4. The van der Waals surface area contributed by atoms with Gasteiger partial charge >= 0.3 is 0 Å². The lowest BCUT2D eigenvalue weighted by Gasteiger charge is -2.20. The molecular formula is C26H36O3. The molecule has 0 aromatic heterocycles. The molecule has 0 bridgehead atoms. The van der Waals surface area contributed by atoms with E-state index in [0.717, 1.165) is 0 Å². The molecule has 0 amide bonds. The van der Waals surface area contributed by atoms with E-state index < -0.39 is 0 Å². The van der Waals surface area contributed by atoms with E-state index in [2.05, 4.69) is 32.9 Å². The van der Waals surface area contributed by atoms with Gasteiger partial charge < -0.3 is 0 Å². The van der Waals surface area contributed by atoms with Gasteiger partial charge in [-0.15, -0.1) is 0 Å². The molecule has 0 aromatic carbocycles. The Labute approximate surface area is 176 Å². The number of carbonyl (C=O) groups is 3. The fourth-order valence-corrected chi connectivity index (χ4v) is 2.77. The molecule has 0 aliphatic carbocycles. The molecular weight excluding hydrogens is 360 g/mol. The van der Waals surface area contributed by atoms with Crippen molar-refractivity contribution in [3.63, 3.8) is 0 Å². The highest BCUT2D eigenvalue weighted by Crippen LogP contribution is 2.25. The Morgan fingerprint density at radius 3 is 1.83 bits per heavy atom. The van der Waals surface area contributed by atoms with Gasteiger partial charge in [0.15, 0.2) is 11.6 Å². The van der Waals surface area contributed by atoms with Crippen molar-refractivity contribution < 1.29 is 14.4 Å². The summed E-state index contributed by atoms with van der Waals surface area (Å²) in [6, 6.07) is 0. The van der Waals surface area contributed by atoms with Crippen LogP contribution >= 0.6 is 0 Å². The van der Waals surface area contributed by atoms with Crippen LogP contribution in [0.5, 0.6) is 0 Å². The minimum absolute atomic E-state index is 0.0571. The van der Waals surface area contributed by atoms with Crippen LogP contribution < -0.4 is 0 Å². The average Bonchev–Trinajstić information content (AvgIpc) is 2.68. The van der Waals surface area contributed by atoms with E-state index in [1.807, 2.05) is 34.6 Å². The van der Waals surface area contributed by atoms with Crippen LogP contribution in [0.25, 0.3) is 0 Å². The predicted octanol–water partition coefficient (Wildman–Crippen LogP) is 6.15. The van der Waals surface area contributed by atoms with E-state index in [4.69, 9.17) is 0 Å². The highest BCUT2D eigenvalue weighted by molar-refractivity contribution is 6.13. The van der Waals surface area contributed by atoms with Gasteiger partial charge in [0.1, 0.15) is 5.78 Å². The van der Waals surface area contributed by atoms with Crippen LogP contribution in [0.3, 0.4) is 0 Å². The van der Waals surface area contributed by atoms with E-state index in [1.54, 1.807) is 13.0 Å². The standard InChI is InChI=1S/C26H36O3/c1-12-16(4)21(9)26(29)23(11)20(8)17(5)13-19(7)24(27)14-18(6)22(10)25(28)15(2)3/h13,15,18,22H,4,7-9,11-12,14H2,1-3,5-6,10H3/b17-13+/t18-,22+/m0/s1. The quantitative estimate of drug-likeness (QED) is 0.277. The molecule has 3 heteroatoms. The summed E-state index contributed by atoms with van der Waals surface area (Å²) in [7, 11) is 0. The number of carbonyl (C=O) groups excluding carboxylic acids is 3. The number of Topliss-reactive ketones (excluding diaryl/α,β-unsaturated/α-hetero) is 3. The Morgan fingerprint density at radius 2 is 1.38 bits per heavy atom. The van der Waals surface area contributed by atoms with Gasteiger partial charge in [-0.2, -0.15) is 0 Å². The summed E-state index contributed by atoms with van der Waals surface area (Å²) in [5.74, 6) is -0.610. The fraction of sp³-hybridized carbons (Fsp3) is 0.423. The van der Waals surface area contributed by atoms with E-state index in [1.165, 1.54) is 0 Å². The lowest BCUT2D eigenvalue weighted by atomic mass is 9.83. The first-order valence-electron chi connectivity index (χ1n) is 10.0. The lowest BCUT2D eigenvalue weighted by Crippen LogP contribution is -2.25.